The predicted octanol–water partition coefficient (Wildman–Crippen LogP) is 3.91. The minimum Gasteiger partial charge on any atom is -0.459 e. The van der Waals surface area contributed by atoms with Gasteiger partial charge in [-0.3, -0.25) is 9.59 Å². The summed E-state index contributed by atoms with van der Waals surface area (Å²) in [6, 6.07) is 18.7. The lowest BCUT2D eigenvalue weighted by molar-refractivity contribution is -0.118. The molecule has 1 atom stereocenters. The summed E-state index contributed by atoms with van der Waals surface area (Å²) in [6.07, 6.45) is 1.76. The van der Waals surface area contributed by atoms with Gasteiger partial charge in [-0.2, -0.15) is 0 Å². The number of anilines is 1. The third kappa shape index (κ3) is 4.74. The van der Waals surface area contributed by atoms with Crippen LogP contribution in [0.25, 0.3) is 0 Å². The second-order valence-corrected chi connectivity index (χ2v) is 6.13. The normalized spacial score (nSPS) is 11.6. The number of hydrogen-bond donors (Lipinski definition) is 2. The van der Waals surface area contributed by atoms with Crippen LogP contribution in [0, 0.1) is 0 Å². The summed E-state index contributed by atoms with van der Waals surface area (Å²) in [7, 11) is 0. The molecule has 0 saturated heterocycles. The fourth-order valence-electron chi connectivity index (χ4n) is 2.49. The molecule has 1 aromatic heterocycles. The summed E-state index contributed by atoms with van der Waals surface area (Å²) < 4.78 is 5.10. The fraction of sp³-hybridized carbons (Fsp3) is 0.100. The van der Waals surface area contributed by atoms with Crippen LogP contribution in [0.5, 0.6) is 0 Å². The number of hydrogen-bond acceptors (Lipinski definition) is 3. The highest BCUT2D eigenvalue weighted by Gasteiger charge is 2.23. The highest BCUT2D eigenvalue weighted by Crippen LogP contribution is 2.16. The average Bonchev–Trinajstić information content (AvgIpc) is 3.17. The van der Waals surface area contributed by atoms with Crippen LogP contribution >= 0.6 is 11.6 Å². The number of carbonyl (C=O) groups excluding carboxylic acids is 2. The molecule has 0 unspecified atom stereocenters. The first-order valence-electron chi connectivity index (χ1n) is 8.06. The maximum atomic E-state index is 12.7. The highest BCUT2D eigenvalue weighted by atomic mass is 35.5. The Morgan fingerprint density at radius 1 is 1.00 bits per heavy atom. The number of benzene rings is 2. The van der Waals surface area contributed by atoms with Gasteiger partial charge >= 0.3 is 0 Å². The van der Waals surface area contributed by atoms with Gasteiger partial charge in [0.15, 0.2) is 5.76 Å². The standard InChI is InChI=1S/C20H17ClN2O3/c21-15-8-4-9-16(13-15)22-19(24)17(12-14-6-2-1-3-7-14)23-20(25)18-10-5-11-26-18/h1-11,13,17H,12H2,(H,22,24)(H,23,25)/t17-/m0/s1. The Morgan fingerprint density at radius 2 is 1.81 bits per heavy atom. The predicted molar refractivity (Wildman–Crippen MR) is 100 cm³/mol. The molecule has 3 aromatic rings. The molecule has 1 heterocycles. The van der Waals surface area contributed by atoms with Crippen molar-refractivity contribution in [3.63, 3.8) is 0 Å². The number of halogens is 1. The van der Waals surface area contributed by atoms with E-state index in [1.54, 1.807) is 36.4 Å². The summed E-state index contributed by atoms with van der Waals surface area (Å²) in [5.41, 5.74) is 1.49. The third-order valence-corrected chi connectivity index (χ3v) is 3.98. The zero-order valence-electron chi connectivity index (χ0n) is 13.8. The summed E-state index contributed by atoms with van der Waals surface area (Å²) in [4.78, 5) is 25.0. The Hall–Kier alpha value is -3.05. The van der Waals surface area contributed by atoms with Crippen molar-refractivity contribution in [2.45, 2.75) is 12.5 Å². The van der Waals surface area contributed by atoms with Crippen LogP contribution < -0.4 is 10.6 Å². The first-order valence-corrected chi connectivity index (χ1v) is 8.44. The van der Waals surface area contributed by atoms with Crippen LogP contribution in [-0.4, -0.2) is 17.9 Å². The van der Waals surface area contributed by atoms with E-state index >= 15 is 0 Å². The quantitative estimate of drug-likeness (QED) is 0.692. The third-order valence-electron chi connectivity index (χ3n) is 3.74. The second-order valence-electron chi connectivity index (χ2n) is 5.69. The molecule has 6 heteroatoms. The van der Waals surface area contributed by atoms with E-state index in [1.165, 1.54) is 6.26 Å². The minimum absolute atomic E-state index is 0.151. The smallest absolute Gasteiger partial charge is 0.287 e. The summed E-state index contributed by atoms with van der Waals surface area (Å²) >= 11 is 5.96. The molecule has 2 N–H and O–H groups in total. The molecule has 2 aromatic carbocycles. The van der Waals surface area contributed by atoms with Crippen molar-refractivity contribution in [3.05, 3.63) is 89.3 Å². The van der Waals surface area contributed by atoms with Gasteiger partial charge in [-0.25, -0.2) is 0 Å². The van der Waals surface area contributed by atoms with E-state index in [0.717, 1.165) is 5.56 Å². The molecule has 5 nitrogen and oxygen atoms in total. The molecule has 0 saturated carbocycles. The van der Waals surface area contributed by atoms with Crippen molar-refractivity contribution < 1.29 is 14.0 Å². The fourth-order valence-corrected chi connectivity index (χ4v) is 2.68. The number of carbonyl (C=O) groups is 2. The Balaban J connectivity index is 1.77. The molecule has 0 radical (unpaired) electrons. The van der Waals surface area contributed by atoms with Gasteiger partial charge < -0.3 is 15.1 Å². The lowest BCUT2D eigenvalue weighted by atomic mass is 10.0. The van der Waals surface area contributed by atoms with Gasteiger partial charge in [0.05, 0.1) is 6.26 Å². The van der Waals surface area contributed by atoms with Crippen molar-refractivity contribution in [2.75, 3.05) is 5.32 Å². The zero-order chi connectivity index (χ0) is 18.4. The molecule has 0 spiro atoms. The lowest BCUT2D eigenvalue weighted by Crippen LogP contribution is -2.45. The molecule has 0 fully saturated rings. The Bertz CT molecular complexity index is 879. The van der Waals surface area contributed by atoms with Gasteiger partial charge in [0.25, 0.3) is 5.91 Å². The van der Waals surface area contributed by atoms with E-state index in [9.17, 15) is 9.59 Å². The van der Waals surface area contributed by atoms with Crippen LogP contribution in [0.2, 0.25) is 5.02 Å². The van der Waals surface area contributed by atoms with E-state index in [-0.39, 0.29) is 11.7 Å². The lowest BCUT2D eigenvalue weighted by Gasteiger charge is -2.18. The van der Waals surface area contributed by atoms with Crippen molar-refractivity contribution in [1.82, 2.24) is 5.32 Å². The van der Waals surface area contributed by atoms with Crippen LogP contribution in [0.3, 0.4) is 0 Å². The largest absolute Gasteiger partial charge is 0.459 e. The molecule has 0 aliphatic rings. The monoisotopic (exact) mass is 368 g/mol. The summed E-state index contributed by atoms with van der Waals surface area (Å²) in [6.45, 7) is 0. The van der Waals surface area contributed by atoms with Crippen LogP contribution in [0.1, 0.15) is 16.1 Å². The molecule has 3 rings (SSSR count). The number of furan rings is 1. The molecule has 26 heavy (non-hydrogen) atoms. The number of rotatable bonds is 6. The maximum absolute atomic E-state index is 12.7. The average molecular weight is 369 g/mol. The molecule has 0 aliphatic carbocycles. The molecule has 132 valence electrons. The number of nitrogens with one attached hydrogen (secondary N) is 2. The van der Waals surface area contributed by atoms with Gasteiger partial charge in [-0.15, -0.1) is 0 Å². The summed E-state index contributed by atoms with van der Waals surface area (Å²) in [5, 5.41) is 6.03. The van der Waals surface area contributed by atoms with Crippen molar-refractivity contribution in [2.24, 2.45) is 0 Å². The first-order chi connectivity index (χ1) is 12.6. The number of amides is 2. The first kappa shape index (κ1) is 17.8. The highest BCUT2D eigenvalue weighted by molar-refractivity contribution is 6.30. The van der Waals surface area contributed by atoms with Crippen molar-refractivity contribution in [1.29, 1.82) is 0 Å². The van der Waals surface area contributed by atoms with Crippen LogP contribution in [0.4, 0.5) is 5.69 Å². The second kappa shape index (κ2) is 8.36. The van der Waals surface area contributed by atoms with Crippen LogP contribution in [0.15, 0.2) is 77.4 Å². The molecular formula is C20H17ClN2O3. The molecular weight excluding hydrogens is 352 g/mol. The Kier molecular flexibility index (Phi) is 5.71. The SMILES string of the molecule is O=C(N[C@@H](Cc1ccccc1)C(=O)Nc1cccc(Cl)c1)c1ccco1. The maximum Gasteiger partial charge on any atom is 0.287 e. The van der Waals surface area contributed by atoms with Gasteiger partial charge in [0.1, 0.15) is 6.04 Å². The Morgan fingerprint density at radius 3 is 2.50 bits per heavy atom. The molecule has 2 amide bonds. The van der Waals surface area contributed by atoms with E-state index in [4.69, 9.17) is 16.0 Å². The van der Waals surface area contributed by atoms with Gasteiger partial charge in [0.2, 0.25) is 5.91 Å². The van der Waals surface area contributed by atoms with Crippen molar-refractivity contribution >= 4 is 29.1 Å². The molecule has 0 bridgehead atoms. The van der Waals surface area contributed by atoms with E-state index in [1.807, 2.05) is 30.3 Å². The van der Waals surface area contributed by atoms with Gasteiger partial charge in [-0.05, 0) is 35.9 Å². The van der Waals surface area contributed by atoms with E-state index in [2.05, 4.69) is 10.6 Å². The summed E-state index contributed by atoms with van der Waals surface area (Å²) in [5.74, 6) is -0.633. The van der Waals surface area contributed by atoms with Crippen LogP contribution in [-0.2, 0) is 11.2 Å². The Labute approximate surface area is 156 Å². The van der Waals surface area contributed by atoms with E-state index < -0.39 is 11.9 Å². The molecule has 0 aliphatic heterocycles. The van der Waals surface area contributed by atoms with Gasteiger partial charge in [-0.1, -0.05) is 48.0 Å². The zero-order valence-corrected chi connectivity index (χ0v) is 14.6. The van der Waals surface area contributed by atoms with E-state index in [0.29, 0.717) is 17.1 Å². The topological polar surface area (TPSA) is 71.3 Å². The van der Waals surface area contributed by atoms with Gasteiger partial charge in [0, 0.05) is 17.1 Å². The van der Waals surface area contributed by atoms with Crippen molar-refractivity contribution in [3.8, 4) is 0 Å². The minimum atomic E-state index is -0.769.